The Morgan fingerprint density at radius 2 is 1.49 bits per heavy atom. The minimum Gasteiger partial charge on any atom is -0.491 e. The van der Waals surface area contributed by atoms with Crippen LogP contribution in [0.25, 0.3) is 0 Å². The summed E-state index contributed by atoms with van der Waals surface area (Å²) in [6.45, 7) is 5.02. The number of ether oxygens (including phenoxy) is 5. The van der Waals surface area contributed by atoms with Gasteiger partial charge in [-0.05, 0) is 90.3 Å². The molecule has 80 heavy (non-hydrogen) atoms. The van der Waals surface area contributed by atoms with Gasteiger partial charge in [0.05, 0.1) is 37.4 Å². The molecule has 11 rings (SSSR count). The quantitative estimate of drug-likeness (QED) is 0.0648. The van der Waals surface area contributed by atoms with Crippen LogP contribution < -0.4 is 24.4 Å². The highest BCUT2D eigenvalue weighted by Crippen LogP contribution is 2.67. The number of urea groups is 1. The number of hydrogen-bond acceptors (Lipinski definition) is 14. The van der Waals surface area contributed by atoms with E-state index in [-0.39, 0.29) is 50.1 Å². The minimum atomic E-state index is -2.18. The Labute approximate surface area is 465 Å². The molecule has 5 aromatic carbocycles. The Balaban J connectivity index is 1.15. The second-order valence-corrected chi connectivity index (χ2v) is 21.9. The monoisotopic (exact) mass is 1090 g/mol. The number of morpholine rings is 1. The van der Waals surface area contributed by atoms with Crippen molar-refractivity contribution >= 4 is 35.5 Å². The predicted molar refractivity (Wildman–Crippen MR) is 294 cm³/mol. The van der Waals surface area contributed by atoms with Crippen molar-refractivity contribution in [1.82, 2.24) is 20.0 Å². The van der Waals surface area contributed by atoms with Crippen molar-refractivity contribution in [1.29, 1.82) is 0 Å². The molecule has 7 atom stereocenters. The third-order valence-electron chi connectivity index (χ3n) is 16.8. The average molecular weight is 1090 g/mol. The summed E-state index contributed by atoms with van der Waals surface area (Å²) in [7, 11) is 1.22. The third-order valence-corrected chi connectivity index (χ3v) is 16.8. The highest BCUT2D eigenvalue weighted by molar-refractivity contribution is 6.25. The number of nitrogens with one attached hydrogen (secondary N) is 1. The first-order valence-corrected chi connectivity index (χ1v) is 27.8. The van der Waals surface area contributed by atoms with E-state index in [0.29, 0.717) is 66.2 Å². The second-order valence-electron chi connectivity index (χ2n) is 21.9. The number of anilines is 1. The molecule has 0 unspecified atom stereocenters. The van der Waals surface area contributed by atoms with Gasteiger partial charge in [-0.15, -0.1) is 0 Å². The van der Waals surface area contributed by atoms with Crippen molar-refractivity contribution in [3.05, 3.63) is 155 Å². The number of para-hydroxylation sites is 1. The number of piperazine rings is 1. The van der Waals surface area contributed by atoms with E-state index in [2.05, 4.69) is 22.1 Å². The summed E-state index contributed by atoms with van der Waals surface area (Å²) in [5, 5.41) is 25.0. The van der Waals surface area contributed by atoms with Crippen LogP contribution in [0.2, 0.25) is 0 Å². The van der Waals surface area contributed by atoms with Crippen LogP contribution in [0.3, 0.4) is 0 Å². The zero-order valence-electron chi connectivity index (χ0n) is 45.3. The van der Waals surface area contributed by atoms with E-state index in [1.807, 2.05) is 83.8 Å². The fraction of sp³-hybridized carbons (Fsp3) is 0.413. The molecule has 5 aromatic rings. The standard InChI is InChI=1S/C63H67N5O12/c1-40(2)52(58(71)76-3)64-61(74)67-47-24-22-41(26-29-62(75)27-14-4-5-15-28-62)36-46(47)63(60(67)73)51(57(70)66-32-30-65(31-33-66)38-42-23-25-49-50(37-42)79-39-78-49)54-59(72)80-55(44-18-10-7-11-19-44)53(43-16-8-6-9-17-43)68(54)56(63)45-20-12-13-21-48(45)77-35-34-69/h6-13,16-25,36-37,40,51-56,69,75H,4-5,14-15,27-28,30-35,38-39H2,1-3H3,(H,64,74)/t51-,52-,53-,54-,55+,56+,63-/m0/s1. The Bertz CT molecular complexity index is 3200. The first-order valence-electron chi connectivity index (χ1n) is 27.8. The lowest BCUT2D eigenvalue weighted by molar-refractivity contribution is -0.179. The molecule has 1 spiro atoms. The number of rotatable bonds is 12. The highest BCUT2D eigenvalue weighted by Gasteiger charge is 2.76. The lowest BCUT2D eigenvalue weighted by Gasteiger charge is -2.46. The van der Waals surface area contributed by atoms with Gasteiger partial charge in [0.2, 0.25) is 18.6 Å². The molecular formula is C63H67N5O12. The van der Waals surface area contributed by atoms with Crippen LogP contribution in [0.1, 0.15) is 104 Å². The summed E-state index contributed by atoms with van der Waals surface area (Å²) in [6.07, 6.45) is 3.53. The number of hydrogen-bond donors (Lipinski definition) is 3. The number of esters is 2. The largest absolute Gasteiger partial charge is 0.491 e. The van der Waals surface area contributed by atoms with Crippen molar-refractivity contribution in [3.63, 3.8) is 0 Å². The summed E-state index contributed by atoms with van der Waals surface area (Å²) in [5.74, 6) is 3.15. The first-order chi connectivity index (χ1) is 38.8. The van der Waals surface area contributed by atoms with Gasteiger partial charge in [-0.1, -0.05) is 123 Å². The van der Waals surface area contributed by atoms with E-state index in [1.165, 1.54) is 7.11 Å². The molecule has 3 saturated heterocycles. The number of cyclic esters (lactones) is 1. The number of aliphatic hydroxyl groups excluding tert-OH is 1. The van der Waals surface area contributed by atoms with Gasteiger partial charge >= 0.3 is 18.0 Å². The molecule has 416 valence electrons. The molecule has 1 aliphatic carbocycles. The molecular weight excluding hydrogens is 1020 g/mol. The van der Waals surface area contributed by atoms with Crippen molar-refractivity contribution < 1.29 is 57.9 Å². The zero-order valence-corrected chi connectivity index (χ0v) is 45.3. The van der Waals surface area contributed by atoms with Gasteiger partial charge in [0.15, 0.2) is 11.5 Å². The number of benzene rings is 5. The molecule has 0 aromatic heterocycles. The Hall–Kier alpha value is -7.75. The number of imide groups is 1. The van der Waals surface area contributed by atoms with Crippen LogP contribution in [-0.2, 0) is 40.6 Å². The van der Waals surface area contributed by atoms with Gasteiger partial charge in [0.25, 0.3) is 0 Å². The van der Waals surface area contributed by atoms with Gasteiger partial charge in [0.1, 0.15) is 41.6 Å². The van der Waals surface area contributed by atoms with E-state index in [4.69, 9.17) is 23.7 Å². The van der Waals surface area contributed by atoms with E-state index >= 15 is 19.2 Å². The van der Waals surface area contributed by atoms with Gasteiger partial charge in [0, 0.05) is 43.9 Å². The highest BCUT2D eigenvalue weighted by atomic mass is 16.7. The smallest absolute Gasteiger partial charge is 0.329 e. The van der Waals surface area contributed by atoms with E-state index < -0.39 is 82.9 Å². The molecule has 0 radical (unpaired) electrons. The maximum atomic E-state index is 17.1. The number of carbonyl (C=O) groups excluding carboxylic acids is 5. The second kappa shape index (κ2) is 22.8. The maximum Gasteiger partial charge on any atom is 0.329 e. The van der Waals surface area contributed by atoms with Gasteiger partial charge in [-0.3, -0.25) is 24.2 Å². The maximum absolute atomic E-state index is 17.1. The molecule has 6 aliphatic rings. The lowest BCUT2D eigenvalue weighted by Crippen LogP contribution is -2.59. The van der Waals surface area contributed by atoms with Crippen LogP contribution in [0, 0.1) is 23.7 Å². The Morgan fingerprint density at radius 3 is 2.19 bits per heavy atom. The molecule has 5 heterocycles. The SMILES string of the molecule is COC(=O)[C@@H](NC(=O)N1C(=O)[C@@]2(c3cc(C#CC4(O)CCCCCC4)ccc31)[C@H](C(=O)N1CCN(Cc3ccc4c(c3)OCO4)CC1)[C@H]1C(=O)O[C@H](c3ccccc3)[C@H](c3ccccc3)N1[C@@H]2c1ccccc1OCCO)C(C)C. The normalized spacial score (nSPS) is 24.5. The van der Waals surface area contributed by atoms with Gasteiger partial charge in [-0.2, -0.15) is 0 Å². The number of fused-ring (bicyclic) bond motifs is 4. The van der Waals surface area contributed by atoms with E-state index in [9.17, 15) is 15.0 Å². The van der Waals surface area contributed by atoms with Crippen LogP contribution in [-0.4, -0.2) is 126 Å². The summed E-state index contributed by atoms with van der Waals surface area (Å²) >= 11 is 0. The number of methoxy groups -OCH3 is 1. The van der Waals surface area contributed by atoms with Crippen LogP contribution in [0.5, 0.6) is 17.2 Å². The lowest BCUT2D eigenvalue weighted by atomic mass is 9.64. The van der Waals surface area contributed by atoms with Gasteiger partial charge in [-0.25, -0.2) is 14.5 Å². The summed E-state index contributed by atoms with van der Waals surface area (Å²) in [4.78, 5) is 85.4. The average Bonchev–Trinajstić information content (AvgIpc) is 1.88. The molecule has 0 bridgehead atoms. The van der Waals surface area contributed by atoms with Crippen LogP contribution >= 0.6 is 0 Å². The van der Waals surface area contributed by atoms with Crippen molar-refractivity contribution in [2.45, 2.75) is 100 Å². The number of carbonyl (C=O) groups is 5. The molecule has 4 amide bonds. The Kier molecular flexibility index (Phi) is 15.4. The summed E-state index contributed by atoms with van der Waals surface area (Å²) in [5.41, 5.74) is 0.0426. The molecule has 5 aliphatic heterocycles. The van der Waals surface area contributed by atoms with E-state index in [1.54, 1.807) is 61.2 Å². The van der Waals surface area contributed by atoms with E-state index in [0.717, 1.165) is 36.1 Å². The first kappa shape index (κ1) is 54.2. The number of nitrogens with zero attached hydrogens (tertiary/aromatic N) is 4. The molecule has 4 fully saturated rings. The van der Waals surface area contributed by atoms with Crippen molar-refractivity contribution in [2.24, 2.45) is 11.8 Å². The third kappa shape index (κ3) is 9.92. The zero-order chi connectivity index (χ0) is 55.7. The van der Waals surface area contributed by atoms with Crippen molar-refractivity contribution in [3.8, 4) is 29.1 Å². The number of aliphatic hydroxyl groups is 2. The fourth-order valence-corrected chi connectivity index (χ4v) is 13.0. The molecule has 3 N–H and O–H groups in total. The predicted octanol–water partition coefficient (Wildman–Crippen LogP) is 7.14. The fourth-order valence-electron chi connectivity index (χ4n) is 13.0. The minimum absolute atomic E-state index is 0.104. The Morgan fingerprint density at radius 1 is 0.800 bits per heavy atom. The molecule has 17 nitrogen and oxygen atoms in total. The van der Waals surface area contributed by atoms with Gasteiger partial charge < -0.3 is 44.1 Å². The summed E-state index contributed by atoms with van der Waals surface area (Å²) < 4.78 is 29.5. The topological polar surface area (TPSA) is 197 Å². The van der Waals surface area contributed by atoms with Crippen LogP contribution in [0.4, 0.5) is 10.5 Å². The number of amides is 4. The summed E-state index contributed by atoms with van der Waals surface area (Å²) in [6, 6.07) is 31.0. The molecule has 1 saturated carbocycles. The molecule has 17 heteroatoms. The van der Waals surface area contributed by atoms with Crippen LogP contribution in [0.15, 0.2) is 121 Å². The van der Waals surface area contributed by atoms with Crippen molar-refractivity contribution in [2.75, 3.05) is 58.2 Å².